The molecule has 1 saturated carbocycles. The Balaban J connectivity index is 1.97. The molecule has 1 N–H and O–H groups in total. The normalized spacial score (nSPS) is 21.2. The average molecular weight is 294 g/mol. The van der Waals surface area contributed by atoms with Crippen LogP contribution in [0, 0.1) is 16.7 Å². The van der Waals surface area contributed by atoms with Gasteiger partial charge < -0.3 is 14.6 Å². The Morgan fingerprint density at radius 3 is 2.65 bits per heavy atom. The molecule has 1 unspecified atom stereocenters. The van der Waals surface area contributed by atoms with E-state index in [0.29, 0.717) is 35.3 Å². The zero-order valence-electron chi connectivity index (χ0n) is 11.1. The average Bonchev–Trinajstić information content (AvgIpc) is 2.63. The minimum Gasteiger partial charge on any atom is -0.489 e. The summed E-state index contributed by atoms with van der Waals surface area (Å²) in [6, 6.07) is 5.68. The molecule has 4 nitrogen and oxygen atoms in total. The van der Waals surface area contributed by atoms with E-state index in [-0.39, 0.29) is 0 Å². The lowest BCUT2D eigenvalue weighted by atomic mass is 9.64. The number of nitrogens with zero attached hydrogens (tertiary/aromatic N) is 1. The first-order chi connectivity index (χ1) is 9.66. The number of aliphatic hydroxyl groups excluding tert-OH is 1. The summed E-state index contributed by atoms with van der Waals surface area (Å²) in [5, 5.41) is 20.3. The molecule has 1 aromatic carbocycles. The molecule has 2 aliphatic rings. The summed E-state index contributed by atoms with van der Waals surface area (Å²) in [6.07, 6.45) is 2.37. The Labute approximate surface area is 122 Å². The number of nitriles is 1. The first kappa shape index (κ1) is 13.5. The summed E-state index contributed by atoms with van der Waals surface area (Å²) < 4.78 is 11.2. The maximum Gasteiger partial charge on any atom is 0.179 e. The zero-order valence-corrected chi connectivity index (χ0v) is 11.8. The standard InChI is InChI=1S/C15H16ClNO3/c16-11-7-10(14(18)15(9-17)3-1-4-15)8-12-13(11)20-6-2-5-19-12/h7-8,14,18H,1-6H2. The second-order valence-electron chi connectivity index (χ2n) is 5.40. The van der Waals surface area contributed by atoms with Crippen LogP contribution >= 0.6 is 11.6 Å². The van der Waals surface area contributed by atoms with Crippen LogP contribution in [0.4, 0.5) is 0 Å². The molecule has 1 atom stereocenters. The van der Waals surface area contributed by atoms with Crippen molar-refractivity contribution in [3.05, 3.63) is 22.7 Å². The predicted molar refractivity (Wildman–Crippen MR) is 73.9 cm³/mol. The van der Waals surface area contributed by atoms with Crippen LogP contribution in [-0.2, 0) is 0 Å². The number of rotatable bonds is 2. The molecule has 0 radical (unpaired) electrons. The van der Waals surface area contributed by atoms with Gasteiger partial charge in [-0.05, 0) is 30.5 Å². The highest BCUT2D eigenvalue weighted by Gasteiger charge is 2.45. The number of ether oxygens (including phenoxy) is 2. The Kier molecular flexibility index (Phi) is 3.49. The molecular formula is C15H16ClNO3. The molecular weight excluding hydrogens is 278 g/mol. The molecule has 1 aromatic rings. The molecule has 106 valence electrons. The molecule has 0 saturated heterocycles. The van der Waals surface area contributed by atoms with Crippen molar-refractivity contribution in [2.24, 2.45) is 5.41 Å². The zero-order chi connectivity index (χ0) is 14.2. The van der Waals surface area contributed by atoms with Gasteiger partial charge in [0.25, 0.3) is 0 Å². The summed E-state index contributed by atoms with van der Waals surface area (Å²) in [5.74, 6) is 1.08. The predicted octanol–water partition coefficient (Wildman–Crippen LogP) is 3.23. The van der Waals surface area contributed by atoms with Gasteiger partial charge in [0.2, 0.25) is 0 Å². The van der Waals surface area contributed by atoms with E-state index in [1.165, 1.54) is 0 Å². The third-order valence-electron chi connectivity index (χ3n) is 4.13. The Bertz CT molecular complexity index is 563. The van der Waals surface area contributed by atoms with E-state index in [9.17, 15) is 10.4 Å². The second kappa shape index (κ2) is 5.16. The lowest BCUT2D eigenvalue weighted by molar-refractivity contribution is 0.00779. The van der Waals surface area contributed by atoms with Crippen LogP contribution in [0.5, 0.6) is 11.5 Å². The summed E-state index contributed by atoms with van der Waals surface area (Å²) >= 11 is 6.22. The van der Waals surface area contributed by atoms with Crippen LogP contribution in [-0.4, -0.2) is 18.3 Å². The van der Waals surface area contributed by atoms with Gasteiger partial charge in [-0.15, -0.1) is 0 Å². The molecule has 5 heteroatoms. The van der Waals surface area contributed by atoms with E-state index in [0.717, 1.165) is 25.7 Å². The topological polar surface area (TPSA) is 62.5 Å². The summed E-state index contributed by atoms with van der Waals surface area (Å²) in [4.78, 5) is 0. The first-order valence-corrected chi connectivity index (χ1v) is 7.22. The van der Waals surface area contributed by atoms with E-state index in [4.69, 9.17) is 21.1 Å². The van der Waals surface area contributed by atoms with Gasteiger partial charge in [-0.25, -0.2) is 0 Å². The van der Waals surface area contributed by atoms with Gasteiger partial charge in [0.1, 0.15) is 0 Å². The number of hydrogen-bond donors (Lipinski definition) is 1. The van der Waals surface area contributed by atoms with Crippen molar-refractivity contribution in [2.45, 2.75) is 31.8 Å². The summed E-state index contributed by atoms with van der Waals surface area (Å²) in [6.45, 7) is 1.13. The van der Waals surface area contributed by atoms with Crippen LogP contribution in [0.2, 0.25) is 5.02 Å². The van der Waals surface area contributed by atoms with Crippen molar-refractivity contribution in [1.29, 1.82) is 5.26 Å². The quantitative estimate of drug-likeness (QED) is 0.909. The smallest absolute Gasteiger partial charge is 0.179 e. The highest BCUT2D eigenvalue weighted by Crippen LogP contribution is 2.51. The fraction of sp³-hybridized carbons (Fsp3) is 0.533. The van der Waals surface area contributed by atoms with Gasteiger partial charge in [0, 0.05) is 6.42 Å². The number of benzene rings is 1. The fourth-order valence-corrected chi connectivity index (χ4v) is 3.01. The van der Waals surface area contributed by atoms with Crippen LogP contribution in [0.15, 0.2) is 12.1 Å². The number of hydrogen-bond acceptors (Lipinski definition) is 4. The van der Waals surface area contributed by atoms with Crippen LogP contribution in [0.1, 0.15) is 37.4 Å². The van der Waals surface area contributed by atoms with Crippen molar-refractivity contribution < 1.29 is 14.6 Å². The largest absolute Gasteiger partial charge is 0.489 e. The third-order valence-corrected chi connectivity index (χ3v) is 4.41. The molecule has 3 rings (SSSR count). The Hall–Kier alpha value is -1.44. The molecule has 1 heterocycles. The SMILES string of the molecule is N#CC1(C(O)c2cc(Cl)c3c(c2)OCCCO3)CCC1. The third kappa shape index (κ3) is 2.11. The Morgan fingerprint density at radius 2 is 2.00 bits per heavy atom. The molecule has 0 aromatic heterocycles. The summed E-state index contributed by atoms with van der Waals surface area (Å²) in [5.41, 5.74) is -0.0520. The molecule has 0 amide bonds. The second-order valence-corrected chi connectivity index (χ2v) is 5.81. The van der Waals surface area contributed by atoms with E-state index in [1.54, 1.807) is 12.1 Å². The lowest BCUT2D eigenvalue weighted by Crippen LogP contribution is -2.34. The van der Waals surface area contributed by atoms with Crippen LogP contribution in [0.3, 0.4) is 0 Å². The molecule has 0 spiro atoms. The Morgan fingerprint density at radius 1 is 1.25 bits per heavy atom. The van der Waals surface area contributed by atoms with Gasteiger partial charge in [-0.1, -0.05) is 18.0 Å². The monoisotopic (exact) mass is 293 g/mol. The molecule has 0 bridgehead atoms. The van der Waals surface area contributed by atoms with Crippen molar-refractivity contribution in [2.75, 3.05) is 13.2 Å². The fourth-order valence-electron chi connectivity index (χ4n) is 2.73. The molecule has 1 aliphatic heterocycles. The minimum absolute atomic E-state index is 0.422. The van der Waals surface area contributed by atoms with Crippen LogP contribution in [0.25, 0.3) is 0 Å². The van der Waals surface area contributed by atoms with Crippen molar-refractivity contribution in [1.82, 2.24) is 0 Å². The maximum atomic E-state index is 10.5. The highest BCUT2D eigenvalue weighted by atomic mass is 35.5. The van der Waals surface area contributed by atoms with Crippen LogP contribution < -0.4 is 9.47 Å². The minimum atomic E-state index is -0.837. The maximum absolute atomic E-state index is 10.5. The molecule has 20 heavy (non-hydrogen) atoms. The lowest BCUT2D eigenvalue weighted by Gasteiger charge is -2.39. The number of halogens is 1. The van der Waals surface area contributed by atoms with Crippen molar-refractivity contribution >= 4 is 11.6 Å². The van der Waals surface area contributed by atoms with E-state index >= 15 is 0 Å². The van der Waals surface area contributed by atoms with Gasteiger partial charge in [0.05, 0.1) is 35.8 Å². The van der Waals surface area contributed by atoms with Gasteiger partial charge in [0.15, 0.2) is 11.5 Å². The van der Waals surface area contributed by atoms with E-state index in [1.807, 2.05) is 0 Å². The van der Waals surface area contributed by atoms with Gasteiger partial charge >= 0.3 is 0 Å². The van der Waals surface area contributed by atoms with E-state index < -0.39 is 11.5 Å². The molecule has 1 aliphatic carbocycles. The van der Waals surface area contributed by atoms with Crippen molar-refractivity contribution in [3.8, 4) is 17.6 Å². The number of fused-ring (bicyclic) bond motifs is 1. The highest BCUT2D eigenvalue weighted by molar-refractivity contribution is 6.32. The van der Waals surface area contributed by atoms with Gasteiger partial charge in [-0.3, -0.25) is 0 Å². The van der Waals surface area contributed by atoms with Crippen molar-refractivity contribution in [3.63, 3.8) is 0 Å². The first-order valence-electron chi connectivity index (χ1n) is 6.85. The van der Waals surface area contributed by atoms with E-state index in [2.05, 4.69) is 6.07 Å². The summed E-state index contributed by atoms with van der Waals surface area (Å²) in [7, 11) is 0. The number of aliphatic hydroxyl groups is 1. The molecule has 1 fully saturated rings. The van der Waals surface area contributed by atoms with Gasteiger partial charge in [-0.2, -0.15) is 5.26 Å².